The van der Waals surface area contributed by atoms with Crippen molar-refractivity contribution in [3.05, 3.63) is 34.9 Å². The van der Waals surface area contributed by atoms with Crippen molar-refractivity contribution in [3.8, 4) is 0 Å². The number of ketones is 1. The molecule has 0 saturated carbocycles. The molecule has 1 atom stereocenters. The summed E-state index contributed by atoms with van der Waals surface area (Å²) >= 11 is 0. The van der Waals surface area contributed by atoms with Gasteiger partial charge in [-0.2, -0.15) is 0 Å². The molecule has 1 unspecified atom stereocenters. The van der Waals surface area contributed by atoms with Gasteiger partial charge in [-0.1, -0.05) is 12.1 Å². The molecule has 1 fully saturated rings. The minimum absolute atomic E-state index is 0.0221. The first kappa shape index (κ1) is 12.4. The van der Waals surface area contributed by atoms with Crippen molar-refractivity contribution in [3.63, 3.8) is 0 Å². The zero-order valence-electron chi connectivity index (χ0n) is 11.0. The lowest BCUT2D eigenvalue weighted by molar-refractivity contribution is 0.0213. The van der Waals surface area contributed by atoms with Crippen LogP contribution in [-0.2, 0) is 11.2 Å². The van der Waals surface area contributed by atoms with Gasteiger partial charge in [0.2, 0.25) is 0 Å². The normalized spacial score (nSPS) is 25.8. The highest BCUT2D eigenvalue weighted by Gasteiger charge is 2.38. The molecule has 4 nitrogen and oxygen atoms in total. The van der Waals surface area contributed by atoms with Gasteiger partial charge in [-0.15, -0.1) is 0 Å². The van der Waals surface area contributed by atoms with Gasteiger partial charge in [0, 0.05) is 24.3 Å². The zero-order chi connectivity index (χ0) is 13.5. The van der Waals surface area contributed by atoms with E-state index >= 15 is 0 Å². The molecule has 1 aromatic rings. The van der Waals surface area contributed by atoms with Crippen LogP contribution in [-0.4, -0.2) is 30.4 Å². The second-order valence-corrected chi connectivity index (χ2v) is 5.39. The number of nitrogens with one attached hydrogen (secondary N) is 1. The third kappa shape index (κ3) is 2.06. The van der Waals surface area contributed by atoms with E-state index in [1.54, 1.807) is 6.07 Å². The predicted octanol–water partition coefficient (Wildman–Crippen LogP) is 1.72. The van der Waals surface area contributed by atoms with E-state index in [0.717, 1.165) is 24.8 Å². The molecule has 1 saturated heterocycles. The first-order valence-electron chi connectivity index (χ1n) is 6.70. The smallest absolute Gasteiger partial charge is 0.251 e. The summed E-state index contributed by atoms with van der Waals surface area (Å²) in [5, 5.41) is 2.80. The Morgan fingerprint density at radius 1 is 1.42 bits per heavy atom. The number of benzene rings is 1. The molecule has 1 N–H and O–H groups in total. The summed E-state index contributed by atoms with van der Waals surface area (Å²) in [6.07, 6.45) is 2.48. The lowest BCUT2D eigenvalue weighted by atomic mass is 9.89. The average molecular weight is 259 g/mol. The molecule has 2 aliphatic heterocycles. The van der Waals surface area contributed by atoms with Crippen LogP contribution in [0.3, 0.4) is 0 Å². The van der Waals surface area contributed by atoms with Gasteiger partial charge >= 0.3 is 0 Å². The summed E-state index contributed by atoms with van der Waals surface area (Å²) in [4.78, 5) is 24.3. The highest BCUT2D eigenvalue weighted by Crippen LogP contribution is 2.29. The van der Waals surface area contributed by atoms with Gasteiger partial charge in [0.05, 0.1) is 0 Å². The molecule has 0 spiro atoms. The lowest BCUT2D eigenvalue weighted by Crippen LogP contribution is -2.35. The number of rotatable bonds is 2. The van der Waals surface area contributed by atoms with Crippen LogP contribution in [0.2, 0.25) is 0 Å². The topological polar surface area (TPSA) is 55.4 Å². The van der Waals surface area contributed by atoms with Crippen molar-refractivity contribution in [1.29, 1.82) is 0 Å². The maximum atomic E-state index is 12.5. The molecule has 0 radical (unpaired) electrons. The summed E-state index contributed by atoms with van der Waals surface area (Å²) in [5.41, 5.74) is 1.48. The third-order valence-corrected chi connectivity index (χ3v) is 4.00. The van der Waals surface area contributed by atoms with E-state index in [1.807, 2.05) is 19.1 Å². The molecule has 0 bridgehead atoms. The summed E-state index contributed by atoms with van der Waals surface area (Å²) < 4.78 is 5.58. The van der Waals surface area contributed by atoms with Crippen molar-refractivity contribution in [2.45, 2.75) is 31.8 Å². The van der Waals surface area contributed by atoms with Crippen LogP contribution in [0, 0.1) is 0 Å². The number of carbonyl (C=O) groups is 2. The van der Waals surface area contributed by atoms with Gasteiger partial charge in [0.25, 0.3) is 5.91 Å². The van der Waals surface area contributed by atoms with E-state index in [2.05, 4.69) is 5.32 Å². The fraction of sp³-hybridized carbons (Fsp3) is 0.467. The van der Waals surface area contributed by atoms with Gasteiger partial charge in [-0.25, -0.2) is 0 Å². The second-order valence-electron chi connectivity index (χ2n) is 5.39. The number of ether oxygens (including phenoxy) is 1. The Morgan fingerprint density at radius 2 is 2.26 bits per heavy atom. The molecule has 2 aliphatic rings. The largest absolute Gasteiger partial charge is 0.367 e. The minimum Gasteiger partial charge on any atom is -0.367 e. The Morgan fingerprint density at radius 3 is 3.00 bits per heavy atom. The van der Waals surface area contributed by atoms with Crippen molar-refractivity contribution >= 4 is 11.7 Å². The molecule has 19 heavy (non-hydrogen) atoms. The Bertz CT molecular complexity index is 544. The van der Waals surface area contributed by atoms with E-state index in [-0.39, 0.29) is 11.7 Å². The molecule has 3 rings (SSSR count). The predicted molar refractivity (Wildman–Crippen MR) is 70.4 cm³/mol. The fourth-order valence-electron chi connectivity index (χ4n) is 2.82. The molecule has 100 valence electrons. The number of hydrogen-bond donors (Lipinski definition) is 1. The maximum Gasteiger partial charge on any atom is 0.251 e. The SMILES string of the molecule is CC1(C(=O)c2ccc3c(c2)C(=O)NCC3)CCCO1. The second kappa shape index (κ2) is 4.46. The zero-order valence-corrected chi connectivity index (χ0v) is 11.0. The molecular weight excluding hydrogens is 242 g/mol. The standard InChI is InChI=1S/C15H17NO3/c1-15(6-2-8-19-15)13(17)11-4-3-10-5-7-16-14(18)12(10)9-11/h3-4,9H,2,5-8H2,1H3,(H,16,18). The Balaban J connectivity index is 1.96. The Kier molecular flexibility index (Phi) is 2.90. The lowest BCUT2D eigenvalue weighted by Gasteiger charge is -2.23. The van der Waals surface area contributed by atoms with Crippen LogP contribution in [0.5, 0.6) is 0 Å². The minimum atomic E-state index is -0.723. The van der Waals surface area contributed by atoms with Gasteiger partial charge in [-0.05, 0) is 37.8 Å². The quantitative estimate of drug-likeness (QED) is 0.823. The number of Topliss-reactive ketones (excluding diaryl/α,β-unsaturated/α-hetero) is 1. The molecular formula is C15H17NO3. The van der Waals surface area contributed by atoms with E-state index < -0.39 is 5.60 Å². The van der Waals surface area contributed by atoms with Crippen LogP contribution >= 0.6 is 0 Å². The highest BCUT2D eigenvalue weighted by atomic mass is 16.5. The van der Waals surface area contributed by atoms with E-state index in [0.29, 0.717) is 24.3 Å². The summed E-state index contributed by atoms with van der Waals surface area (Å²) in [6.45, 7) is 3.13. The molecule has 0 aliphatic carbocycles. The summed E-state index contributed by atoms with van der Waals surface area (Å²) in [7, 11) is 0. The monoisotopic (exact) mass is 259 g/mol. The Hall–Kier alpha value is -1.68. The van der Waals surface area contributed by atoms with Crippen molar-refractivity contribution in [2.24, 2.45) is 0 Å². The van der Waals surface area contributed by atoms with E-state index in [1.165, 1.54) is 0 Å². The van der Waals surface area contributed by atoms with Crippen molar-refractivity contribution in [1.82, 2.24) is 5.32 Å². The molecule has 4 heteroatoms. The van der Waals surface area contributed by atoms with Crippen LogP contribution in [0.25, 0.3) is 0 Å². The Labute approximate surface area is 112 Å². The molecule has 0 aromatic heterocycles. The average Bonchev–Trinajstić information content (AvgIpc) is 2.86. The van der Waals surface area contributed by atoms with Crippen LogP contribution < -0.4 is 5.32 Å². The number of hydrogen-bond acceptors (Lipinski definition) is 3. The number of carbonyl (C=O) groups excluding carboxylic acids is 2. The molecule has 1 aromatic carbocycles. The van der Waals surface area contributed by atoms with Crippen LogP contribution in [0.15, 0.2) is 18.2 Å². The third-order valence-electron chi connectivity index (χ3n) is 4.00. The van der Waals surface area contributed by atoms with Crippen LogP contribution in [0.1, 0.15) is 46.0 Å². The first-order valence-corrected chi connectivity index (χ1v) is 6.70. The summed E-state index contributed by atoms with van der Waals surface area (Å²) in [6, 6.07) is 5.41. The number of amides is 1. The number of fused-ring (bicyclic) bond motifs is 1. The summed E-state index contributed by atoms with van der Waals surface area (Å²) in [5.74, 6) is -0.112. The van der Waals surface area contributed by atoms with Gasteiger partial charge in [-0.3, -0.25) is 9.59 Å². The molecule has 1 amide bonds. The van der Waals surface area contributed by atoms with Crippen LogP contribution in [0.4, 0.5) is 0 Å². The fourth-order valence-corrected chi connectivity index (χ4v) is 2.82. The first-order chi connectivity index (χ1) is 9.10. The highest BCUT2D eigenvalue weighted by molar-refractivity contribution is 6.05. The van der Waals surface area contributed by atoms with E-state index in [9.17, 15) is 9.59 Å². The van der Waals surface area contributed by atoms with Gasteiger partial charge in [0.15, 0.2) is 5.78 Å². The maximum absolute atomic E-state index is 12.5. The van der Waals surface area contributed by atoms with E-state index in [4.69, 9.17) is 4.74 Å². The molecule has 2 heterocycles. The van der Waals surface area contributed by atoms with Crippen molar-refractivity contribution in [2.75, 3.05) is 13.2 Å². The van der Waals surface area contributed by atoms with Crippen molar-refractivity contribution < 1.29 is 14.3 Å². The van der Waals surface area contributed by atoms with Gasteiger partial charge in [0.1, 0.15) is 5.60 Å². The van der Waals surface area contributed by atoms with Gasteiger partial charge < -0.3 is 10.1 Å².